The predicted molar refractivity (Wildman–Crippen MR) is 104 cm³/mol. The highest BCUT2D eigenvalue weighted by Crippen LogP contribution is 2.43. The SMILES string of the molecule is OC1CCCc2cc(-c3noc(-c4onc(-c5ccccc5)c4C(F)(F)F)n3)ccc21. The van der Waals surface area contributed by atoms with E-state index in [1.54, 1.807) is 30.3 Å². The maximum Gasteiger partial charge on any atom is 0.422 e. The Balaban J connectivity index is 1.56. The van der Waals surface area contributed by atoms with Crippen LogP contribution >= 0.6 is 0 Å². The monoisotopic (exact) mass is 427 g/mol. The topological polar surface area (TPSA) is 85.2 Å². The molecule has 0 bridgehead atoms. The number of aryl methyl sites for hydroxylation is 1. The van der Waals surface area contributed by atoms with E-state index in [0.717, 1.165) is 24.0 Å². The molecule has 5 rings (SSSR count). The number of aliphatic hydroxyl groups excluding tert-OH is 1. The first-order valence-corrected chi connectivity index (χ1v) is 9.69. The molecule has 0 saturated carbocycles. The van der Waals surface area contributed by atoms with Gasteiger partial charge in [0.25, 0.3) is 5.89 Å². The standard InChI is InChI=1S/C22H16F3N3O3/c23-22(24,25)17-18(12-5-2-1-3-6-12)27-30-19(17)21-26-20(28-31-21)14-9-10-15-13(11-14)7-4-8-16(15)29/h1-3,5-6,9-11,16,29H,4,7-8H2. The summed E-state index contributed by atoms with van der Waals surface area (Å²) in [5, 5.41) is 17.6. The average molecular weight is 427 g/mol. The molecule has 1 aliphatic rings. The van der Waals surface area contributed by atoms with Gasteiger partial charge in [-0.2, -0.15) is 18.2 Å². The molecular formula is C22H16F3N3O3. The van der Waals surface area contributed by atoms with Crippen molar-refractivity contribution < 1.29 is 27.3 Å². The second-order valence-electron chi connectivity index (χ2n) is 7.34. The van der Waals surface area contributed by atoms with Crippen LogP contribution < -0.4 is 0 Å². The molecule has 2 aromatic heterocycles. The Bertz CT molecular complexity index is 1230. The minimum atomic E-state index is -4.74. The van der Waals surface area contributed by atoms with Gasteiger partial charge in [-0.25, -0.2) is 0 Å². The zero-order valence-corrected chi connectivity index (χ0v) is 16.1. The van der Waals surface area contributed by atoms with Crippen LogP contribution in [-0.4, -0.2) is 20.4 Å². The summed E-state index contributed by atoms with van der Waals surface area (Å²) in [6.07, 6.45) is -2.90. The maximum atomic E-state index is 13.9. The van der Waals surface area contributed by atoms with Gasteiger partial charge in [-0.1, -0.05) is 52.8 Å². The van der Waals surface area contributed by atoms with Crippen LogP contribution in [0.4, 0.5) is 13.2 Å². The van der Waals surface area contributed by atoms with E-state index in [4.69, 9.17) is 9.05 Å². The Morgan fingerprint density at radius 1 is 0.968 bits per heavy atom. The summed E-state index contributed by atoms with van der Waals surface area (Å²) in [5.74, 6) is -0.906. The van der Waals surface area contributed by atoms with E-state index >= 15 is 0 Å². The lowest BCUT2D eigenvalue weighted by molar-refractivity contribution is -0.136. The Morgan fingerprint density at radius 3 is 2.55 bits per heavy atom. The lowest BCUT2D eigenvalue weighted by Gasteiger charge is -2.21. The molecule has 1 aliphatic carbocycles. The van der Waals surface area contributed by atoms with Gasteiger partial charge in [0.2, 0.25) is 11.6 Å². The Labute approximate surface area is 174 Å². The molecule has 1 atom stereocenters. The Hall–Kier alpha value is -3.46. The molecule has 2 heterocycles. The van der Waals surface area contributed by atoms with Crippen molar-refractivity contribution in [2.24, 2.45) is 0 Å². The van der Waals surface area contributed by atoms with Crippen molar-refractivity contribution in [3.63, 3.8) is 0 Å². The zero-order valence-electron chi connectivity index (χ0n) is 16.1. The summed E-state index contributed by atoms with van der Waals surface area (Å²) >= 11 is 0. The molecule has 4 aromatic rings. The van der Waals surface area contributed by atoms with Gasteiger partial charge in [-0.05, 0) is 36.5 Å². The van der Waals surface area contributed by atoms with Crippen LogP contribution in [0.5, 0.6) is 0 Å². The molecule has 31 heavy (non-hydrogen) atoms. The molecule has 0 spiro atoms. The Kier molecular flexibility index (Phi) is 4.62. The van der Waals surface area contributed by atoms with Crippen molar-refractivity contribution in [2.75, 3.05) is 0 Å². The minimum Gasteiger partial charge on any atom is -0.388 e. The number of halogens is 3. The van der Waals surface area contributed by atoms with Crippen LogP contribution in [0, 0.1) is 0 Å². The van der Waals surface area contributed by atoms with Gasteiger partial charge >= 0.3 is 6.18 Å². The molecule has 6 nitrogen and oxygen atoms in total. The average Bonchev–Trinajstić information content (AvgIpc) is 3.41. The van der Waals surface area contributed by atoms with E-state index in [0.29, 0.717) is 12.0 Å². The lowest BCUT2D eigenvalue weighted by atomic mass is 9.88. The zero-order chi connectivity index (χ0) is 21.6. The van der Waals surface area contributed by atoms with Crippen molar-refractivity contribution in [2.45, 2.75) is 31.5 Å². The molecule has 0 aliphatic heterocycles. The number of aliphatic hydroxyl groups is 1. The summed E-state index contributed by atoms with van der Waals surface area (Å²) in [5.41, 5.74) is 1.25. The van der Waals surface area contributed by atoms with E-state index < -0.39 is 29.5 Å². The first-order valence-electron chi connectivity index (χ1n) is 9.69. The van der Waals surface area contributed by atoms with Crippen molar-refractivity contribution in [3.05, 3.63) is 65.2 Å². The summed E-state index contributed by atoms with van der Waals surface area (Å²) in [6.45, 7) is 0. The van der Waals surface area contributed by atoms with Gasteiger partial charge in [0.1, 0.15) is 11.3 Å². The van der Waals surface area contributed by atoms with Crippen molar-refractivity contribution in [1.29, 1.82) is 0 Å². The smallest absolute Gasteiger partial charge is 0.388 e. The highest BCUT2D eigenvalue weighted by Gasteiger charge is 2.43. The van der Waals surface area contributed by atoms with Gasteiger partial charge in [0, 0.05) is 11.1 Å². The molecule has 0 radical (unpaired) electrons. The molecule has 1 N–H and O–H groups in total. The Morgan fingerprint density at radius 2 is 1.77 bits per heavy atom. The number of hydrogen-bond acceptors (Lipinski definition) is 6. The lowest BCUT2D eigenvalue weighted by Crippen LogP contribution is -2.09. The van der Waals surface area contributed by atoms with Crippen LogP contribution in [-0.2, 0) is 12.6 Å². The number of rotatable bonds is 3. The van der Waals surface area contributed by atoms with Gasteiger partial charge in [0.15, 0.2) is 0 Å². The van der Waals surface area contributed by atoms with Crippen molar-refractivity contribution in [1.82, 2.24) is 15.3 Å². The molecule has 158 valence electrons. The molecule has 1 unspecified atom stereocenters. The predicted octanol–water partition coefficient (Wildman–Crippen LogP) is 5.45. The summed E-state index contributed by atoms with van der Waals surface area (Å²) in [4.78, 5) is 4.13. The number of aromatic nitrogens is 3. The molecule has 9 heteroatoms. The minimum absolute atomic E-state index is 0.128. The van der Waals surface area contributed by atoms with Gasteiger partial charge < -0.3 is 14.2 Å². The summed E-state index contributed by atoms with van der Waals surface area (Å²) < 4.78 is 51.7. The highest BCUT2D eigenvalue weighted by molar-refractivity contribution is 5.71. The van der Waals surface area contributed by atoms with E-state index in [1.807, 2.05) is 6.07 Å². The van der Waals surface area contributed by atoms with Crippen LogP contribution in [0.2, 0.25) is 0 Å². The third-order valence-electron chi connectivity index (χ3n) is 5.33. The molecule has 0 fully saturated rings. The number of alkyl halides is 3. The fraction of sp³-hybridized carbons (Fsp3) is 0.227. The normalized spacial score (nSPS) is 16.3. The second kappa shape index (κ2) is 7.35. The van der Waals surface area contributed by atoms with Gasteiger partial charge in [-0.15, -0.1) is 0 Å². The third-order valence-corrected chi connectivity index (χ3v) is 5.33. The number of hydrogen-bond donors (Lipinski definition) is 1. The van der Waals surface area contributed by atoms with E-state index in [-0.39, 0.29) is 17.1 Å². The van der Waals surface area contributed by atoms with E-state index in [9.17, 15) is 18.3 Å². The molecule has 0 amide bonds. The van der Waals surface area contributed by atoms with Crippen LogP contribution in [0.1, 0.15) is 35.6 Å². The fourth-order valence-corrected chi connectivity index (χ4v) is 3.85. The fourth-order valence-electron chi connectivity index (χ4n) is 3.85. The largest absolute Gasteiger partial charge is 0.422 e. The maximum absolute atomic E-state index is 13.9. The quantitative estimate of drug-likeness (QED) is 0.468. The molecular weight excluding hydrogens is 411 g/mol. The number of benzene rings is 2. The number of nitrogens with zero attached hydrogens (tertiary/aromatic N) is 3. The summed E-state index contributed by atoms with van der Waals surface area (Å²) in [7, 11) is 0. The highest BCUT2D eigenvalue weighted by atomic mass is 19.4. The van der Waals surface area contributed by atoms with Gasteiger partial charge in [-0.3, -0.25) is 0 Å². The van der Waals surface area contributed by atoms with Crippen molar-refractivity contribution in [3.8, 4) is 34.3 Å². The number of fused-ring (bicyclic) bond motifs is 1. The van der Waals surface area contributed by atoms with Crippen LogP contribution in [0.25, 0.3) is 34.3 Å². The first-order chi connectivity index (χ1) is 14.9. The first kappa shape index (κ1) is 19.5. The summed E-state index contributed by atoms with van der Waals surface area (Å²) in [6, 6.07) is 13.3. The third kappa shape index (κ3) is 3.50. The van der Waals surface area contributed by atoms with Crippen LogP contribution in [0.3, 0.4) is 0 Å². The van der Waals surface area contributed by atoms with Crippen molar-refractivity contribution >= 4 is 0 Å². The molecule has 2 aromatic carbocycles. The van der Waals surface area contributed by atoms with Gasteiger partial charge in [0.05, 0.1) is 6.10 Å². The van der Waals surface area contributed by atoms with Crippen LogP contribution in [0.15, 0.2) is 57.6 Å². The van der Waals surface area contributed by atoms with E-state index in [1.165, 1.54) is 12.1 Å². The molecule has 0 saturated heterocycles. The second-order valence-corrected chi connectivity index (χ2v) is 7.34. The van der Waals surface area contributed by atoms with E-state index in [2.05, 4.69) is 15.3 Å².